The average Bonchev–Trinajstić information content (AvgIpc) is 2.06. The molecular formula is C7H7FN2O4S. The van der Waals surface area contributed by atoms with Crippen LogP contribution >= 0.6 is 0 Å². The number of nitrogens with zero attached hydrogens (tertiary/aromatic N) is 1. The van der Waals surface area contributed by atoms with Gasteiger partial charge in [-0.3, -0.25) is 10.1 Å². The summed E-state index contributed by atoms with van der Waals surface area (Å²) in [4.78, 5) is 8.75. The normalized spacial score (nSPS) is 11.4. The second kappa shape index (κ2) is 3.55. The van der Waals surface area contributed by atoms with Crippen molar-refractivity contribution < 1.29 is 17.7 Å². The number of benzene rings is 1. The third kappa shape index (κ3) is 2.28. The maximum atomic E-state index is 13.0. The first-order valence-corrected chi connectivity index (χ1v) is 5.25. The Labute approximate surface area is 84.7 Å². The van der Waals surface area contributed by atoms with E-state index in [0.717, 1.165) is 6.07 Å². The van der Waals surface area contributed by atoms with Crippen LogP contribution in [0.5, 0.6) is 0 Å². The summed E-state index contributed by atoms with van der Waals surface area (Å²) in [5, 5.41) is 15.2. The minimum atomic E-state index is -4.30. The van der Waals surface area contributed by atoms with Crippen molar-refractivity contribution in [2.45, 2.75) is 11.8 Å². The molecule has 0 heterocycles. The molecule has 82 valence electrons. The molecule has 2 N–H and O–H groups in total. The van der Waals surface area contributed by atoms with Crippen LogP contribution in [0.15, 0.2) is 17.0 Å². The van der Waals surface area contributed by atoms with E-state index in [1.54, 1.807) is 0 Å². The van der Waals surface area contributed by atoms with E-state index >= 15 is 0 Å². The SMILES string of the molecule is Cc1cc([N+](=O)[O-])c(S(N)(=O)=O)cc1F. The van der Waals surface area contributed by atoms with Gasteiger partial charge in [-0.25, -0.2) is 17.9 Å². The molecule has 0 saturated carbocycles. The fourth-order valence-corrected chi connectivity index (χ4v) is 1.71. The molecule has 0 unspecified atom stereocenters. The lowest BCUT2D eigenvalue weighted by molar-refractivity contribution is -0.387. The van der Waals surface area contributed by atoms with Crippen molar-refractivity contribution >= 4 is 15.7 Å². The van der Waals surface area contributed by atoms with Crippen LogP contribution in [0.25, 0.3) is 0 Å². The minimum absolute atomic E-state index is 0.0194. The molecule has 0 fully saturated rings. The number of halogens is 1. The van der Waals surface area contributed by atoms with Crippen molar-refractivity contribution in [1.29, 1.82) is 0 Å². The molecule has 0 radical (unpaired) electrons. The summed E-state index contributed by atoms with van der Waals surface area (Å²) in [6.07, 6.45) is 0. The van der Waals surface area contributed by atoms with Crippen LogP contribution in [0, 0.1) is 22.9 Å². The Kier molecular flexibility index (Phi) is 2.73. The van der Waals surface area contributed by atoms with Gasteiger partial charge in [-0.2, -0.15) is 0 Å². The third-order valence-corrected chi connectivity index (χ3v) is 2.68. The molecule has 0 saturated heterocycles. The highest BCUT2D eigenvalue weighted by Gasteiger charge is 2.24. The molecule has 0 spiro atoms. The number of nitrogens with two attached hydrogens (primary N) is 1. The van der Waals surface area contributed by atoms with Crippen molar-refractivity contribution in [3.8, 4) is 0 Å². The predicted octanol–water partition coefficient (Wildman–Crippen LogP) is 0.690. The zero-order valence-corrected chi connectivity index (χ0v) is 8.41. The molecule has 1 rings (SSSR count). The predicted molar refractivity (Wildman–Crippen MR) is 49.2 cm³/mol. The molecule has 0 aliphatic rings. The van der Waals surface area contributed by atoms with Gasteiger partial charge in [0.25, 0.3) is 5.69 Å². The first-order valence-electron chi connectivity index (χ1n) is 3.71. The summed E-state index contributed by atoms with van der Waals surface area (Å²) in [6, 6.07) is 1.37. The van der Waals surface area contributed by atoms with Gasteiger partial charge in [0.1, 0.15) is 5.82 Å². The van der Waals surface area contributed by atoms with Crippen molar-refractivity contribution in [1.82, 2.24) is 0 Å². The lowest BCUT2D eigenvalue weighted by Crippen LogP contribution is -2.14. The summed E-state index contributed by atoms with van der Waals surface area (Å²) in [7, 11) is -4.30. The minimum Gasteiger partial charge on any atom is -0.258 e. The topological polar surface area (TPSA) is 103 Å². The van der Waals surface area contributed by atoms with E-state index in [1.165, 1.54) is 6.92 Å². The maximum absolute atomic E-state index is 13.0. The van der Waals surface area contributed by atoms with Crippen molar-refractivity contribution in [2.24, 2.45) is 5.14 Å². The van der Waals surface area contributed by atoms with Crippen molar-refractivity contribution in [3.05, 3.63) is 33.6 Å². The number of rotatable bonds is 2. The van der Waals surface area contributed by atoms with E-state index < -0.39 is 31.3 Å². The Morgan fingerprint density at radius 2 is 2.00 bits per heavy atom. The summed E-state index contributed by atoms with van der Waals surface area (Å²) >= 11 is 0. The first kappa shape index (κ1) is 11.5. The van der Waals surface area contributed by atoms with E-state index in [0.29, 0.717) is 6.07 Å². The molecule has 8 heteroatoms. The van der Waals surface area contributed by atoms with Gasteiger partial charge in [0.05, 0.1) is 4.92 Å². The fourth-order valence-electron chi connectivity index (χ4n) is 1.02. The van der Waals surface area contributed by atoms with E-state index in [2.05, 4.69) is 0 Å². The Balaban J connectivity index is 3.64. The molecule has 6 nitrogen and oxygen atoms in total. The summed E-state index contributed by atoms with van der Waals surface area (Å²) in [6.45, 7) is 1.29. The molecular weight excluding hydrogens is 227 g/mol. The largest absolute Gasteiger partial charge is 0.289 e. The zero-order chi connectivity index (χ0) is 11.8. The third-order valence-electron chi connectivity index (χ3n) is 1.74. The number of primary sulfonamides is 1. The number of hydrogen-bond donors (Lipinski definition) is 1. The summed E-state index contributed by atoms with van der Waals surface area (Å²) in [5.74, 6) is -0.857. The van der Waals surface area contributed by atoms with Gasteiger partial charge in [-0.15, -0.1) is 0 Å². The number of sulfonamides is 1. The highest BCUT2D eigenvalue weighted by Crippen LogP contribution is 2.25. The first-order chi connectivity index (χ1) is 6.73. The number of nitro groups is 1. The molecule has 0 atom stereocenters. The molecule has 0 amide bonds. The second-order valence-corrected chi connectivity index (χ2v) is 4.40. The van der Waals surface area contributed by atoms with Crippen LogP contribution in [-0.4, -0.2) is 13.3 Å². The molecule has 0 aliphatic heterocycles. The van der Waals surface area contributed by atoms with E-state index in [9.17, 15) is 22.9 Å². The molecule has 0 aromatic heterocycles. The smallest absolute Gasteiger partial charge is 0.258 e. The Hall–Kier alpha value is -1.54. The molecule has 1 aromatic carbocycles. The van der Waals surface area contributed by atoms with Gasteiger partial charge >= 0.3 is 0 Å². The molecule has 0 bridgehead atoms. The van der Waals surface area contributed by atoms with Crippen molar-refractivity contribution in [3.63, 3.8) is 0 Å². The number of nitro benzene ring substituents is 1. The van der Waals surface area contributed by atoms with Gasteiger partial charge in [-0.1, -0.05) is 0 Å². The summed E-state index contributed by atoms with van der Waals surface area (Å²) < 4.78 is 34.9. The van der Waals surface area contributed by atoms with E-state index in [1.807, 2.05) is 0 Å². The lowest BCUT2D eigenvalue weighted by atomic mass is 10.2. The second-order valence-electron chi connectivity index (χ2n) is 2.87. The molecule has 0 aliphatic carbocycles. The highest BCUT2D eigenvalue weighted by molar-refractivity contribution is 7.89. The van der Waals surface area contributed by atoms with Gasteiger partial charge < -0.3 is 0 Å². The van der Waals surface area contributed by atoms with Gasteiger partial charge in [-0.05, 0) is 12.5 Å². The standard InChI is InChI=1S/C7H7FN2O4S/c1-4-2-6(10(11)12)7(3-5(4)8)15(9,13)14/h2-3H,1H3,(H2,9,13,14). The number of hydrogen-bond acceptors (Lipinski definition) is 4. The van der Waals surface area contributed by atoms with Crippen molar-refractivity contribution in [2.75, 3.05) is 0 Å². The molecule has 15 heavy (non-hydrogen) atoms. The van der Waals surface area contributed by atoms with Crippen LogP contribution in [0.1, 0.15) is 5.56 Å². The van der Waals surface area contributed by atoms with Crippen LogP contribution in [0.4, 0.5) is 10.1 Å². The van der Waals surface area contributed by atoms with Crippen LogP contribution in [0.2, 0.25) is 0 Å². The zero-order valence-electron chi connectivity index (χ0n) is 7.60. The quantitative estimate of drug-likeness (QED) is 0.600. The van der Waals surface area contributed by atoms with Crippen LogP contribution in [0.3, 0.4) is 0 Å². The van der Waals surface area contributed by atoms with Gasteiger partial charge in [0.15, 0.2) is 4.90 Å². The van der Waals surface area contributed by atoms with Gasteiger partial charge in [0.2, 0.25) is 10.0 Å². The Bertz CT molecular complexity index is 526. The highest BCUT2D eigenvalue weighted by atomic mass is 32.2. The van der Waals surface area contributed by atoms with Gasteiger partial charge in [0, 0.05) is 12.1 Å². The van der Waals surface area contributed by atoms with E-state index in [-0.39, 0.29) is 5.56 Å². The average molecular weight is 234 g/mol. The molecule has 1 aromatic rings. The summed E-state index contributed by atoms with van der Waals surface area (Å²) in [5.41, 5.74) is -0.745. The fraction of sp³-hybridized carbons (Fsp3) is 0.143. The maximum Gasteiger partial charge on any atom is 0.289 e. The lowest BCUT2D eigenvalue weighted by Gasteiger charge is -2.02. The monoisotopic (exact) mass is 234 g/mol. The van der Waals surface area contributed by atoms with Crippen LogP contribution < -0.4 is 5.14 Å². The Morgan fingerprint density at radius 3 is 2.40 bits per heavy atom. The van der Waals surface area contributed by atoms with Crippen LogP contribution in [-0.2, 0) is 10.0 Å². The Morgan fingerprint density at radius 1 is 1.47 bits per heavy atom. The van der Waals surface area contributed by atoms with E-state index in [4.69, 9.17) is 5.14 Å². The number of aryl methyl sites for hydroxylation is 1.